The Kier molecular flexibility index (Phi) is 38.7. The van der Waals surface area contributed by atoms with Crippen LogP contribution in [0.2, 0.25) is 10.3 Å². The van der Waals surface area contributed by atoms with Crippen LogP contribution in [0.25, 0.3) is 33.2 Å². The van der Waals surface area contributed by atoms with Crippen LogP contribution in [0.5, 0.6) is 0 Å². The van der Waals surface area contributed by atoms with Crippen LogP contribution in [0.3, 0.4) is 0 Å². The van der Waals surface area contributed by atoms with E-state index in [0.717, 1.165) is 176 Å². The van der Waals surface area contributed by atoms with Crippen molar-refractivity contribution in [3.8, 4) is 11.1 Å². The molecule has 0 spiro atoms. The van der Waals surface area contributed by atoms with E-state index < -0.39 is 0 Å². The van der Waals surface area contributed by atoms with Crippen LogP contribution in [0.15, 0.2) is 90.4 Å². The Labute approximate surface area is 582 Å². The SMILES string of the molecule is CC1(C)OB(c2cn[nH]c2)OC1(C)C.CCN(CC)CCCCl.CCN(CC)CCCn1cc(-c2cnc3ccc(Cl)nc3c2)cn1.CCN(CC)CCCn1cc(B2OC(C)(C)C(C)(C)O2)cn1.CCNCC.ClCCCBr.Clc1ccc2ncc(Br)cc2n1. The molecule has 0 aliphatic carbocycles. The van der Waals surface area contributed by atoms with E-state index in [1.54, 1.807) is 30.7 Å². The molecule has 9 heterocycles. The minimum Gasteiger partial charge on any atom is -0.399 e. The fourth-order valence-corrected chi connectivity index (χ4v) is 10.3. The first-order valence-corrected chi connectivity index (χ1v) is 35.9. The van der Waals surface area contributed by atoms with Crippen molar-refractivity contribution in [3.05, 3.63) is 101 Å². The molecule has 0 radical (unpaired) electrons. The molecule has 9 rings (SSSR count). The summed E-state index contributed by atoms with van der Waals surface area (Å²) in [6.45, 7) is 47.9. The van der Waals surface area contributed by atoms with E-state index in [0.29, 0.717) is 10.3 Å². The summed E-state index contributed by atoms with van der Waals surface area (Å²) in [5, 5.41) is 20.6. The molecule has 0 atom stereocenters. The van der Waals surface area contributed by atoms with Crippen molar-refractivity contribution in [3.63, 3.8) is 0 Å². The number of nitrogens with one attached hydrogen (secondary N) is 2. The minimum absolute atomic E-state index is 0.283. The molecule has 0 unspecified atom stereocenters. The quantitative estimate of drug-likeness (QED) is 0.0332. The summed E-state index contributed by atoms with van der Waals surface area (Å²) < 4.78 is 28.7. The zero-order chi connectivity index (χ0) is 67.6. The van der Waals surface area contributed by atoms with Crippen LogP contribution >= 0.6 is 78.3 Å². The van der Waals surface area contributed by atoms with Crippen molar-refractivity contribution in [2.45, 2.75) is 172 Å². The average molecular weight is 1470 g/mol. The molecule has 0 saturated carbocycles. The summed E-state index contributed by atoms with van der Waals surface area (Å²) in [6.07, 6.45) is 19.3. The lowest BCUT2D eigenvalue weighted by Crippen LogP contribution is -2.41. The second-order valence-electron chi connectivity index (χ2n) is 23.5. The lowest BCUT2D eigenvalue weighted by Gasteiger charge is -2.32. The van der Waals surface area contributed by atoms with E-state index in [1.807, 2.05) is 86.1 Å². The summed E-state index contributed by atoms with van der Waals surface area (Å²) in [5.74, 6) is 1.56. The third-order valence-electron chi connectivity index (χ3n) is 15.9. The standard InChI is InChI=1S/C18H22ClN5.C16H30BN3O2.C9H15BN2O2.C8H4BrClN2.C7H16ClN.C4H11N.C3H6BrCl/c1-3-23(4-2)8-5-9-24-13-15(12-21-24)14-10-17-16(20-11-14)6-7-18(19)22-17;1-7-19(8-2)10-9-11-20-13-14(12-18-20)17-21-15(3,4)16(5,6)22-17;1-8(2)9(3,4)14-10(13-8)7-5-11-12-6-7;9-5-3-7-6(11-4-5)1-2-8(10)12-7;1-3-9(4-2)7-5-6-8;1-3-5-4-2;4-2-1-3-5/h6-7,10-13H,3-5,8-9H2,1-2H3;12-13H,7-11H2,1-6H3;5-6H,1-4H3,(H,11,12);1-4H;3-7H2,1-2H3;5H,3-4H2,1-2H3;1-3H2. The number of nitrogens with zero attached hydrogens (tertiary/aromatic N) is 12. The number of H-pyrrole nitrogens is 1. The van der Waals surface area contributed by atoms with Gasteiger partial charge in [0.15, 0.2) is 0 Å². The third-order valence-corrected chi connectivity index (χ3v) is 17.9. The Morgan fingerprint density at radius 2 is 0.967 bits per heavy atom. The first-order chi connectivity index (χ1) is 43.3. The molecule has 91 heavy (non-hydrogen) atoms. The van der Waals surface area contributed by atoms with E-state index in [-0.39, 0.29) is 36.6 Å². The Balaban J connectivity index is 0.000000296. The topological polar surface area (TPSA) is 175 Å². The van der Waals surface area contributed by atoms with E-state index in [2.05, 4.69) is 181 Å². The Hall–Kier alpha value is -3.32. The highest BCUT2D eigenvalue weighted by atomic mass is 79.9. The number of hydrogen-bond donors (Lipinski definition) is 2. The maximum absolute atomic E-state index is 6.06. The van der Waals surface area contributed by atoms with Crippen LogP contribution in [0, 0.1) is 0 Å². The first-order valence-electron chi connectivity index (χ1n) is 32.1. The monoisotopic (exact) mass is 1460 g/mol. The van der Waals surface area contributed by atoms with Crippen molar-refractivity contribution in [1.82, 2.24) is 69.7 Å². The molecule has 2 saturated heterocycles. The lowest BCUT2D eigenvalue weighted by atomic mass is 9.82. The maximum atomic E-state index is 6.06. The Morgan fingerprint density at radius 1 is 0.527 bits per heavy atom. The molecule has 2 N–H and O–H groups in total. The predicted molar refractivity (Wildman–Crippen MR) is 392 cm³/mol. The third kappa shape index (κ3) is 28.5. The molecular formula is C65H104B2Br2Cl4N14O4. The van der Waals surface area contributed by atoms with Crippen molar-refractivity contribution >= 4 is 125 Å². The largest absolute Gasteiger partial charge is 0.498 e. The van der Waals surface area contributed by atoms with E-state index in [9.17, 15) is 0 Å². The van der Waals surface area contributed by atoms with Gasteiger partial charge in [-0.25, -0.2) is 9.97 Å². The Morgan fingerprint density at radius 3 is 1.38 bits per heavy atom. The molecule has 18 nitrogen and oxygen atoms in total. The van der Waals surface area contributed by atoms with Crippen LogP contribution in [-0.2, 0) is 31.7 Å². The van der Waals surface area contributed by atoms with Gasteiger partial charge in [0, 0.05) is 100 Å². The molecule has 2 aliphatic rings. The number of hydrogen-bond acceptors (Lipinski definition) is 15. The summed E-state index contributed by atoms with van der Waals surface area (Å²) in [4.78, 5) is 24.3. The number of aromatic nitrogens is 10. The van der Waals surface area contributed by atoms with Crippen molar-refractivity contribution in [2.24, 2.45) is 0 Å². The van der Waals surface area contributed by atoms with Gasteiger partial charge in [0.1, 0.15) is 10.3 Å². The summed E-state index contributed by atoms with van der Waals surface area (Å²) in [7, 11) is -0.625. The lowest BCUT2D eigenvalue weighted by molar-refractivity contribution is 0.00578. The van der Waals surface area contributed by atoms with Gasteiger partial charge in [-0.1, -0.05) is 94.5 Å². The van der Waals surface area contributed by atoms with Gasteiger partial charge in [-0.15, -0.1) is 23.2 Å². The van der Waals surface area contributed by atoms with E-state index in [1.165, 1.54) is 0 Å². The average Bonchev–Trinajstić information content (AvgIpc) is 1.65. The highest BCUT2D eigenvalue weighted by Crippen LogP contribution is 2.37. The van der Waals surface area contributed by atoms with Crippen molar-refractivity contribution < 1.29 is 18.6 Å². The van der Waals surface area contributed by atoms with Crippen LogP contribution in [-0.4, -0.2) is 190 Å². The second kappa shape index (κ2) is 43.0. The highest BCUT2D eigenvalue weighted by Gasteiger charge is 2.53. The van der Waals surface area contributed by atoms with Gasteiger partial charge < -0.3 is 38.6 Å². The normalized spacial score (nSPS) is 15.0. The van der Waals surface area contributed by atoms with Gasteiger partial charge in [0.25, 0.3) is 0 Å². The summed E-state index contributed by atoms with van der Waals surface area (Å²) in [6, 6.07) is 11.1. The molecule has 2 aliphatic heterocycles. The number of fused-ring (bicyclic) bond motifs is 2. The predicted octanol–water partition coefficient (Wildman–Crippen LogP) is 14.1. The number of pyridine rings is 4. The van der Waals surface area contributed by atoms with Gasteiger partial charge in [-0.05, 0) is 205 Å². The second-order valence-corrected chi connectivity index (χ2v) is 26.7. The number of alkyl halides is 3. The number of halogens is 6. The molecular weight excluding hydrogens is 1360 g/mol. The number of aromatic amines is 1. The Bertz CT molecular complexity index is 2980. The van der Waals surface area contributed by atoms with Gasteiger partial charge in [0.2, 0.25) is 0 Å². The van der Waals surface area contributed by atoms with Gasteiger partial charge in [-0.3, -0.25) is 24.4 Å². The minimum atomic E-state index is -0.318. The molecule has 7 aromatic heterocycles. The molecule has 2 fully saturated rings. The fourth-order valence-electron chi connectivity index (χ4n) is 8.82. The van der Waals surface area contributed by atoms with Crippen molar-refractivity contribution in [2.75, 3.05) is 89.1 Å². The molecule has 0 amide bonds. The van der Waals surface area contributed by atoms with Gasteiger partial charge in [-0.2, -0.15) is 15.3 Å². The molecule has 506 valence electrons. The van der Waals surface area contributed by atoms with Crippen LogP contribution in [0.1, 0.15) is 136 Å². The maximum Gasteiger partial charge on any atom is 0.498 e. The summed E-state index contributed by atoms with van der Waals surface area (Å²) >= 11 is 29.0. The van der Waals surface area contributed by atoms with Gasteiger partial charge in [0.05, 0.1) is 50.7 Å². The summed E-state index contributed by atoms with van der Waals surface area (Å²) in [5.41, 5.74) is 6.12. The fraction of sp³-hybridized carbons (Fsp3) is 0.615. The molecule has 26 heteroatoms. The first kappa shape index (κ1) is 81.9. The zero-order valence-corrected chi connectivity index (χ0v) is 63.3. The van der Waals surface area contributed by atoms with Crippen LogP contribution in [0.4, 0.5) is 0 Å². The van der Waals surface area contributed by atoms with E-state index in [4.69, 9.17) is 65.0 Å². The molecule has 0 bridgehead atoms. The number of rotatable bonds is 24. The molecule has 7 aromatic rings. The van der Waals surface area contributed by atoms with Crippen molar-refractivity contribution in [1.29, 1.82) is 0 Å². The van der Waals surface area contributed by atoms with E-state index >= 15 is 0 Å². The smallest absolute Gasteiger partial charge is 0.399 e. The number of aryl methyl sites for hydroxylation is 2. The van der Waals surface area contributed by atoms with Gasteiger partial charge >= 0.3 is 14.2 Å². The molecule has 0 aromatic carbocycles. The zero-order valence-electron chi connectivity index (χ0n) is 57.1. The van der Waals surface area contributed by atoms with Crippen LogP contribution < -0.4 is 16.2 Å². The highest BCUT2D eigenvalue weighted by molar-refractivity contribution is 9.10.